The average molecular weight is 288 g/mol. The van der Waals surface area contributed by atoms with Crippen LogP contribution >= 0.6 is 0 Å². The summed E-state index contributed by atoms with van der Waals surface area (Å²) in [5.41, 5.74) is 3.53. The van der Waals surface area contributed by atoms with Crippen LogP contribution in [0.15, 0.2) is 18.3 Å². The van der Waals surface area contributed by atoms with Crippen LogP contribution in [0.5, 0.6) is 0 Å². The largest absolute Gasteiger partial charge is 0.308 e. The number of hydrogen-bond acceptors (Lipinski definition) is 4. The molecule has 0 saturated carbocycles. The van der Waals surface area contributed by atoms with Gasteiger partial charge in [0.1, 0.15) is 0 Å². The SMILES string of the molecule is Cc1cc(CN2Cc3ccnn3CC[C@H]2CN(C)C)n[nH]1. The number of hydrogen-bond donors (Lipinski definition) is 1. The van der Waals surface area contributed by atoms with Crippen LogP contribution in [-0.2, 0) is 19.6 Å². The van der Waals surface area contributed by atoms with Crippen LogP contribution in [0.4, 0.5) is 0 Å². The van der Waals surface area contributed by atoms with Crippen molar-refractivity contribution in [2.24, 2.45) is 0 Å². The standard InChI is InChI=1S/C15H24N6/c1-12-8-13(18-17-12)9-20-11-15-4-6-16-21(15)7-5-14(20)10-19(2)3/h4,6,8,14H,5,7,9-11H2,1-3H3,(H,17,18)/t14-/m0/s1. The van der Waals surface area contributed by atoms with E-state index in [1.165, 1.54) is 5.69 Å². The van der Waals surface area contributed by atoms with Gasteiger partial charge in [0.15, 0.2) is 0 Å². The molecule has 1 atom stereocenters. The number of rotatable bonds is 4. The van der Waals surface area contributed by atoms with E-state index in [1.54, 1.807) is 0 Å². The lowest BCUT2D eigenvalue weighted by Gasteiger charge is -2.31. The zero-order valence-corrected chi connectivity index (χ0v) is 13.1. The van der Waals surface area contributed by atoms with E-state index < -0.39 is 0 Å². The molecule has 0 spiro atoms. The quantitative estimate of drug-likeness (QED) is 0.920. The highest BCUT2D eigenvalue weighted by molar-refractivity contribution is 5.08. The third-order valence-corrected chi connectivity index (χ3v) is 4.06. The third-order valence-electron chi connectivity index (χ3n) is 4.06. The average Bonchev–Trinajstić information content (AvgIpc) is 3.00. The number of aryl methyl sites for hydroxylation is 2. The molecule has 2 aromatic rings. The third kappa shape index (κ3) is 3.33. The second-order valence-electron chi connectivity index (χ2n) is 6.20. The fourth-order valence-corrected chi connectivity index (χ4v) is 3.06. The normalized spacial score (nSPS) is 19.7. The summed E-state index contributed by atoms with van der Waals surface area (Å²) in [5, 5.41) is 11.9. The Balaban J connectivity index is 1.80. The number of aromatic nitrogens is 4. The minimum absolute atomic E-state index is 0.527. The number of nitrogens with one attached hydrogen (secondary N) is 1. The Kier molecular flexibility index (Phi) is 4.07. The lowest BCUT2D eigenvalue weighted by molar-refractivity contribution is 0.142. The van der Waals surface area contributed by atoms with Crippen molar-refractivity contribution in [1.82, 2.24) is 29.8 Å². The van der Waals surface area contributed by atoms with Crippen LogP contribution in [0.3, 0.4) is 0 Å². The van der Waals surface area contributed by atoms with Gasteiger partial charge in [0.25, 0.3) is 0 Å². The van der Waals surface area contributed by atoms with Gasteiger partial charge in [-0.05, 0) is 39.6 Å². The van der Waals surface area contributed by atoms with Gasteiger partial charge in [-0.1, -0.05) is 0 Å². The highest BCUT2D eigenvalue weighted by Crippen LogP contribution is 2.20. The van der Waals surface area contributed by atoms with Gasteiger partial charge in [-0.25, -0.2) is 0 Å². The molecule has 3 heterocycles. The molecule has 6 heteroatoms. The smallest absolute Gasteiger partial charge is 0.0765 e. The number of aromatic amines is 1. The Morgan fingerprint density at radius 1 is 1.43 bits per heavy atom. The molecule has 6 nitrogen and oxygen atoms in total. The first kappa shape index (κ1) is 14.3. The number of fused-ring (bicyclic) bond motifs is 1. The lowest BCUT2D eigenvalue weighted by Crippen LogP contribution is -2.40. The van der Waals surface area contributed by atoms with Gasteiger partial charge in [-0.3, -0.25) is 14.7 Å². The van der Waals surface area contributed by atoms with Gasteiger partial charge >= 0.3 is 0 Å². The first-order valence-electron chi connectivity index (χ1n) is 7.52. The molecule has 2 aromatic heterocycles. The molecule has 0 fully saturated rings. The molecule has 0 radical (unpaired) electrons. The van der Waals surface area contributed by atoms with Crippen molar-refractivity contribution in [2.75, 3.05) is 20.6 Å². The summed E-state index contributed by atoms with van der Waals surface area (Å²) in [5.74, 6) is 0. The lowest BCUT2D eigenvalue weighted by atomic mass is 10.1. The molecule has 1 N–H and O–H groups in total. The first-order chi connectivity index (χ1) is 10.1. The van der Waals surface area contributed by atoms with Crippen molar-refractivity contribution in [2.45, 2.75) is 39.0 Å². The Morgan fingerprint density at radius 2 is 2.29 bits per heavy atom. The molecule has 0 aromatic carbocycles. The Morgan fingerprint density at radius 3 is 3.00 bits per heavy atom. The Hall–Kier alpha value is -1.66. The van der Waals surface area contributed by atoms with Crippen molar-refractivity contribution >= 4 is 0 Å². The zero-order chi connectivity index (χ0) is 14.8. The van der Waals surface area contributed by atoms with Gasteiger partial charge in [0, 0.05) is 44.1 Å². The van der Waals surface area contributed by atoms with E-state index in [-0.39, 0.29) is 0 Å². The predicted molar refractivity (Wildman–Crippen MR) is 81.8 cm³/mol. The van der Waals surface area contributed by atoms with E-state index in [0.29, 0.717) is 6.04 Å². The summed E-state index contributed by atoms with van der Waals surface area (Å²) in [6, 6.07) is 4.79. The van der Waals surface area contributed by atoms with Gasteiger partial charge in [0.2, 0.25) is 0 Å². The van der Waals surface area contributed by atoms with Crippen molar-refractivity contribution in [1.29, 1.82) is 0 Å². The first-order valence-corrected chi connectivity index (χ1v) is 7.52. The van der Waals surface area contributed by atoms with Crippen LogP contribution in [-0.4, -0.2) is 56.5 Å². The second kappa shape index (κ2) is 5.99. The molecule has 0 bridgehead atoms. The van der Waals surface area contributed by atoms with Gasteiger partial charge in [-0.15, -0.1) is 0 Å². The van der Waals surface area contributed by atoms with Gasteiger partial charge < -0.3 is 4.90 Å². The topological polar surface area (TPSA) is 53.0 Å². The highest BCUT2D eigenvalue weighted by Gasteiger charge is 2.25. The molecule has 3 rings (SSSR count). The van der Waals surface area contributed by atoms with E-state index in [4.69, 9.17) is 0 Å². The van der Waals surface area contributed by atoms with E-state index in [9.17, 15) is 0 Å². The monoisotopic (exact) mass is 288 g/mol. The van der Waals surface area contributed by atoms with Crippen molar-refractivity contribution in [3.8, 4) is 0 Å². The van der Waals surface area contributed by atoms with Crippen LogP contribution in [0.1, 0.15) is 23.5 Å². The van der Waals surface area contributed by atoms with Gasteiger partial charge in [-0.2, -0.15) is 10.2 Å². The number of likely N-dealkylation sites (N-methyl/N-ethyl adjacent to an activating group) is 1. The summed E-state index contributed by atoms with van der Waals surface area (Å²) in [4.78, 5) is 4.79. The Labute approximate surface area is 125 Å². The molecular formula is C15H24N6. The molecule has 21 heavy (non-hydrogen) atoms. The summed E-state index contributed by atoms with van der Waals surface area (Å²) >= 11 is 0. The molecule has 0 amide bonds. The highest BCUT2D eigenvalue weighted by atomic mass is 15.3. The summed E-state index contributed by atoms with van der Waals surface area (Å²) in [6.07, 6.45) is 3.02. The maximum Gasteiger partial charge on any atom is 0.0765 e. The van der Waals surface area contributed by atoms with Crippen molar-refractivity contribution < 1.29 is 0 Å². The van der Waals surface area contributed by atoms with Crippen LogP contribution in [0, 0.1) is 6.92 Å². The maximum absolute atomic E-state index is 4.43. The second-order valence-corrected chi connectivity index (χ2v) is 6.20. The summed E-state index contributed by atoms with van der Waals surface area (Å²) < 4.78 is 2.14. The van der Waals surface area contributed by atoms with Gasteiger partial charge in [0.05, 0.1) is 11.4 Å². The molecule has 114 valence electrons. The molecule has 0 saturated heterocycles. The molecular weight excluding hydrogens is 264 g/mol. The van der Waals surface area contributed by atoms with Crippen molar-refractivity contribution in [3.05, 3.63) is 35.4 Å². The van der Waals surface area contributed by atoms with Crippen LogP contribution in [0.25, 0.3) is 0 Å². The van der Waals surface area contributed by atoms with Crippen LogP contribution < -0.4 is 0 Å². The van der Waals surface area contributed by atoms with E-state index >= 15 is 0 Å². The summed E-state index contributed by atoms with van der Waals surface area (Å²) in [6.45, 7) is 5.93. The Bertz CT molecular complexity index is 585. The minimum atomic E-state index is 0.527. The maximum atomic E-state index is 4.43. The number of H-pyrrole nitrogens is 1. The zero-order valence-electron chi connectivity index (χ0n) is 13.1. The molecule has 1 aliphatic rings. The molecule has 0 unspecified atom stereocenters. The molecule has 1 aliphatic heterocycles. The number of nitrogens with zero attached hydrogens (tertiary/aromatic N) is 5. The van der Waals surface area contributed by atoms with Crippen LogP contribution in [0.2, 0.25) is 0 Å². The van der Waals surface area contributed by atoms with E-state index in [0.717, 1.165) is 44.0 Å². The molecule has 0 aliphatic carbocycles. The summed E-state index contributed by atoms with van der Waals surface area (Å²) in [7, 11) is 4.28. The van der Waals surface area contributed by atoms with Crippen molar-refractivity contribution in [3.63, 3.8) is 0 Å². The van der Waals surface area contributed by atoms with E-state index in [1.807, 2.05) is 13.1 Å². The minimum Gasteiger partial charge on any atom is -0.308 e. The van der Waals surface area contributed by atoms with E-state index in [2.05, 4.69) is 56.0 Å². The predicted octanol–water partition coefficient (Wildman–Crippen LogP) is 1.25. The fourth-order valence-electron chi connectivity index (χ4n) is 3.06. The fraction of sp³-hybridized carbons (Fsp3) is 0.600.